The molecular formula is C7H12O3. The van der Waals surface area contributed by atoms with Gasteiger partial charge in [-0.25, -0.2) is 4.79 Å². The summed E-state index contributed by atoms with van der Waals surface area (Å²) in [4.78, 5) is 10.3. The average molecular weight is 144 g/mol. The molecule has 0 aromatic carbocycles. The van der Waals surface area contributed by atoms with Crippen molar-refractivity contribution in [1.29, 1.82) is 0 Å². The lowest BCUT2D eigenvalue weighted by Crippen LogP contribution is -2.24. The van der Waals surface area contributed by atoms with Crippen LogP contribution in [0.25, 0.3) is 0 Å². The predicted molar refractivity (Wildman–Crippen MR) is 37.6 cm³/mol. The van der Waals surface area contributed by atoms with Crippen LogP contribution in [-0.4, -0.2) is 22.8 Å². The van der Waals surface area contributed by atoms with E-state index in [2.05, 4.69) is 6.58 Å². The summed E-state index contributed by atoms with van der Waals surface area (Å²) in [6, 6.07) is 0. The molecule has 0 rings (SSSR count). The summed E-state index contributed by atoms with van der Waals surface area (Å²) in [5.74, 6) is -1.06. The number of hydrogen-bond acceptors (Lipinski definition) is 2. The first-order valence-corrected chi connectivity index (χ1v) is 2.95. The zero-order chi connectivity index (χ0) is 8.36. The van der Waals surface area contributed by atoms with Crippen LogP contribution in [0.3, 0.4) is 0 Å². The highest BCUT2D eigenvalue weighted by Crippen LogP contribution is 2.23. The van der Waals surface area contributed by atoms with E-state index in [-0.39, 0.29) is 12.2 Å². The maximum Gasteiger partial charge on any atom is 0.331 e. The van der Waals surface area contributed by atoms with Crippen molar-refractivity contribution < 1.29 is 15.0 Å². The molecule has 3 heteroatoms. The number of hydrogen-bond donors (Lipinski definition) is 2. The van der Waals surface area contributed by atoms with Crippen molar-refractivity contribution in [2.75, 3.05) is 6.61 Å². The van der Waals surface area contributed by atoms with E-state index in [0.717, 1.165) is 0 Å². The van der Waals surface area contributed by atoms with Crippen LogP contribution in [0, 0.1) is 5.41 Å². The first kappa shape index (κ1) is 9.17. The monoisotopic (exact) mass is 144 g/mol. The fourth-order valence-electron chi connectivity index (χ4n) is 0.385. The van der Waals surface area contributed by atoms with Gasteiger partial charge < -0.3 is 10.2 Å². The lowest BCUT2D eigenvalue weighted by atomic mass is 9.86. The van der Waals surface area contributed by atoms with Gasteiger partial charge in [0, 0.05) is 11.0 Å². The second-order valence-corrected chi connectivity index (χ2v) is 2.83. The standard InChI is InChI=1S/C7H12O3/c1-5(6(9)10)7(2,3)4-8/h8H,1,4H2,2-3H3,(H,9,10). The lowest BCUT2D eigenvalue weighted by molar-refractivity contribution is -0.134. The molecule has 0 aromatic rings. The Balaban J connectivity index is 4.33. The van der Waals surface area contributed by atoms with Gasteiger partial charge in [0.2, 0.25) is 0 Å². The topological polar surface area (TPSA) is 57.5 Å². The maximum atomic E-state index is 10.3. The maximum absolute atomic E-state index is 10.3. The third-order valence-electron chi connectivity index (χ3n) is 1.47. The molecule has 2 N–H and O–H groups in total. The average Bonchev–Trinajstić information content (AvgIpc) is 1.86. The fraction of sp³-hybridized carbons (Fsp3) is 0.571. The predicted octanol–water partition coefficient (Wildman–Crippen LogP) is 0.646. The zero-order valence-corrected chi connectivity index (χ0v) is 6.22. The van der Waals surface area contributed by atoms with Gasteiger partial charge in [0.1, 0.15) is 0 Å². The van der Waals surface area contributed by atoms with E-state index >= 15 is 0 Å². The highest BCUT2D eigenvalue weighted by atomic mass is 16.4. The summed E-state index contributed by atoms with van der Waals surface area (Å²) in [7, 11) is 0. The number of aliphatic hydroxyl groups is 1. The molecule has 0 radical (unpaired) electrons. The molecule has 0 unspecified atom stereocenters. The first-order valence-electron chi connectivity index (χ1n) is 2.95. The molecule has 3 nitrogen and oxygen atoms in total. The molecule has 0 saturated heterocycles. The molecule has 0 fully saturated rings. The smallest absolute Gasteiger partial charge is 0.331 e. The molecule has 0 aliphatic rings. The first-order chi connectivity index (χ1) is 4.41. The second kappa shape index (κ2) is 2.84. The van der Waals surface area contributed by atoms with Crippen LogP contribution < -0.4 is 0 Å². The Hall–Kier alpha value is -0.830. The SMILES string of the molecule is C=C(C(=O)O)C(C)(C)CO. The Kier molecular flexibility index (Phi) is 2.60. The molecule has 10 heavy (non-hydrogen) atoms. The fourth-order valence-corrected chi connectivity index (χ4v) is 0.385. The summed E-state index contributed by atoms with van der Waals surface area (Å²) in [5, 5.41) is 17.1. The molecule has 0 aromatic heterocycles. The van der Waals surface area contributed by atoms with Crippen molar-refractivity contribution in [3.05, 3.63) is 12.2 Å². The van der Waals surface area contributed by atoms with Crippen molar-refractivity contribution in [2.24, 2.45) is 5.41 Å². The van der Waals surface area contributed by atoms with Crippen LogP contribution in [0.5, 0.6) is 0 Å². The van der Waals surface area contributed by atoms with Crippen molar-refractivity contribution in [3.8, 4) is 0 Å². The highest BCUT2D eigenvalue weighted by Gasteiger charge is 2.25. The third kappa shape index (κ3) is 1.84. The third-order valence-corrected chi connectivity index (χ3v) is 1.47. The van der Waals surface area contributed by atoms with E-state index in [4.69, 9.17) is 10.2 Å². The van der Waals surface area contributed by atoms with Gasteiger partial charge in [0.25, 0.3) is 0 Å². The number of carboxylic acids is 1. The van der Waals surface area contributed by atoms with Crippen LogP contribution in [0.2, 0.25) is 0 Å². The largest absolute Gasteiger partial charge is 0.478 e. The van der Waals surface area contributed by atoms with Crippen LogP contribution in [0.4, 0.5) is 0 Å². The minimum atomic E-state index is -1.06. The van der Waals surface area contributed by atoms with E-state index in [1.807, 2.05) is 0 Å². The Morgan fingerprint density at radius 3 is 2.10 bits per heavy atom. The quantitative estimate of drug-likeness (QED) is 0.571. The van der Waals surface area contributed by atoms with Crippen molar-refractivity contribution in [1.82, 2.24) is 0 Å². The minimum Gasteiger partial charge on any atom is -0.478 e. The van der Waals surface area contributed by atoms with Crippen LogP contribution in [0.15, 0.2) is 12.2 Å². The minimum absolute atomic E-state index is 0.0370. The van der Waals surface area contributed by atoms with Crippen molar-refractivity contribution in [2.45, 2.75) is 13.8 Å². The Labute approximate surface area is 60.0 Å². The highest BCUT2D eigenvalue weighted by molar-refractivity contribution is 5.87. The van der Waals surface area contributed by atoms with Gasteiger partial charge in [-0.2, -0.15) is 0 Å². The summed E-state index contributed by atoms with van der Waals surface area (Å²) in [6.45, 7) is 6.40. The summed E-state index contributed by atoms with van der Waals surface area (Å²) in [6.07, 6.45) is 0. The number of carbonyl (C=O) groups is 1. The Morgan fingerprint density at radius 2 is 2.00 bits per heavy atom. The number of carboxylic acid groups (broad SMARTS) is 1. The zero-order valence-electron chi connectivity index (χ0n) is 6.22. The molecule has 0 bridgehead atoms. The summed E-state index contributed by atoms with van der Waals surface area (Å²) in [5.41, 5.74) is -0.679. The van der Waals surface area contributed by atoms with E-state index in [1.54, 1.807) is 13.8 Å². The Bertz CT molecular complexity index is 158. The number of aliphatic hydroxyl groups excluding tert-OH is 1. The molecule has 0 saturated carbocycles. The van der Waals surface area contributed by atoms with Gasteiger partial charge in [-0.1, -0.05) is 20.4 Å². The van der Waals surface area contributed by atoms with E-state index < -0.39 is 11.4 Å². The summed E-state index contributed by atoms with van der Waals surface area (Å²) >= 11 is 0. The van der Waals surface area contributed by atoms with Gasteiger partial charge in [-0.05, 0) is 0 Å². The summed E-state index contributed by atoms with van der Waals surface area (Å²) < 4.78 is 0. The van der Waals surface area contributed by atoms with E-state index in [1.165, 1.54) is 0 Å². The Morgan fingerprint density at radius 1 is 1.60 bits per heavy atom. The van der Waals surface area contributed by atoms with E-state index in [0.29, 0.717) is 0 Å². The number of aliphatic carboxylic acids is 1. The van der Waals surface area contributed by atoms with Gasteiger partial charge in [0.05, 0.1) is 6.61 Å². The molecule has 0 heterocycles. The molecule has 0 aliphatic heterocycles. The van der Waals surface area contributed by atoms with Gasteiger partial charge in [-0.3, -0.25) is 0 Å². The van der Waals surface area contributed by atoms with Gasteiger partial charge in [0.15, 0.2) is 0 Å². The van der Waals surface area contributed by atoms with Gasteiger partial charge in [-0.15, -0.1) is 0 Å². The molecule has 58 valence electrons. The normalized spacial score (nSPS) is 11.1. The van der Waals surface area contributed by atoms with Crippen LogP contribution in [-0.2, 0) is 4.79 Å². The molecular weight excluding hydrogens is 132 g/mol. The van der Waals surface area contributed by atoms with Gasteiger partial charge >= 0.3 is 5.97 Å². The van der Waals surface area contributed by atoms with Crippen LogP contribution in [0.1, 0.15) is 13.8 Å². The number of rotatable bonds is 3. The molecule has 0 aliphatic carbocycles. The van der Waals surface area contributed by atoms with E-state index in [9.17, 15) is 4.79 Å². The van der Waals surface area contributed by atoms with Crippen molar-refractivity contribution in [3.63, 3.8) is 0 Å². The molecule has 0 spiro atoms. The molecule has 0 amide bonds. The molecule has 0 atom stereocenters. The second-order valence-electron chi connectivity index (χ2n) is 2.83. The lowest BCUT2D eigenvalue weighted by Gasteiger charge is -2.20. The van der Waals surface area contributed by atoms with Crippen molar-refractivity contribution >= 4 is 5.97 Å². The van der Waals surface area contributed by atoms with Crippen LogP contribution >= 0.6 is 0 Å².